The van der Waals surface area contributed by atoms with Gasteiger partial charge < -0.3 is 4.42 Å². The van der Waals surface area contributed by atoms with Crippen LogP contribution in [0.2, 0.25) is 0 Å². The second-order valence-electron chi connectivity index (χ2n) is 5.62. The van der Waals surface area contributed by atoms with Crippen LogP contribution in [0.4, 0.5) is 0 Å². The van der Waals surface area contributed by atoms with Gasteiger partial charge in [0.1, 0.15) is 5.58 Å². The first-order valence-electron chi connectivity index (χ1n) is 7.21. The molecule has 2 amide bonds. The van der Waals surface area contributed by atoms with Crippen molar-refractivity contribution in [2.45, 2.75) is 12.8 Å². The molecule has 1 atom stereocenters. The minimum Gasteiger partial charge on any atom is -0.451 e. The van der Waals surface area contributed by atoms with Crippen molar-refractivity contribution >= 4 is 32.6 Å². The number of fused-ring (bicyclic) bond motifs is 1. The van der Waals surface area contributed by atoms with Crippen molar-refractivity contribution in [1.82, 2.24) is 10.9 Å². The molecule has 0 spiro atoms. The van der Waals surface area contributed by atoms with Gasteiger partial charge in [0.15, 0.2) is 15.6 Å². The Balaban J connectivity index is 1.53. The first-order chi connectivity index (χ1) is 10.9. The van der Waals surface area contributed by atoms with E-state index in [2.05, 4.69) is 10.9 Å². The predicted molar refractivity (Wildman–Crippen MR) is 83.2 cm³/mol. The smallest absolute Gasteiger partial charge is 0.305 e. The summed E-state index contributed by atoms with van der Waals surface area (Å²) >= 11 is 0. The van der Waals surface area contributed by atoms with Crippen LogP contribution in [0.15, 0.2) is 34.7 Å². The van der Waals surface area contributed by atoms with Crippen molar-refractivity contribution in [3.05, 3.63) is 36.1 Å². The van der Waals surface area contributed by atoms with Crippen LogP contribution in [0.25, 0.3) is 11.0 Å². The van der Waals surface area contributed by atoms with Crippen molar-refractivity contribution in [3.8, 4) is 0 Å². The minimum atomic E-state index is -3.01. The van der Waals surface area contributed by atoms with Gasteiger partial charge in [-0.1, -0.05) is 18.2 Å². The van der Waals surface area contributed by atoms with Crippen molar-refractivity contribution in [1.29, 1.82) is 0 Å². The predicted octanol–water partition coefficient (Wildman–Crippen LogP) is 1.02. The molecule has 1 fully saturated rings. The Hall–Kier alpha value is -2.35. The van der Waals surface area contributed by atoms with Crippen LogP contribution in [-0.4, -0.2) is 31.7 Å². The van der Waals surface area contributed by atoms with Crippen LogP contribution < -0.4 is 10.9 Å². The van der Waals surface area contributed by atoms with Crippen LogP contribution in [0, 0.1) is 5.92 Å². The Kier molecular flexibility index (Phi) is 4.08. The van der Waals surface area contributed by atoms with Gasteiger partial charge in [-0.05, 0) is 24.5 Å². The van der Waals surface area contributed by atoms with Crippen molar-refractivity contribution in [2.24, 2.45) is 5.92 Å². The summed E-state index contributed by atoms with van der Waals surface area (Å²) < 4.78 is 28.1. The van der Waals surface area contributed by atoms with E-state index in [1.807, 2.05) is 12.1 Å². The Morgan fingerprint density at radius 1 is 1.22 bits per heavy atom. The first kappa shape index (κ1) is 15.5. The molecule has 0 radical (unpaired) electrons. The summed E-state index contributed by atoms with van der Waals surface area (Å²) in [4.78, 5) is 23.7. The lowest BCUT2D eigenvalue weighted by Crippen LogP contribution is -2.42. The lowest BCUT2D eigenvalue weighted by atomic mass is 10.1. The summed E-state index contributed by atoms with van der Waals surface area (Å²) in [6.45, 7) is 0. The summed E-state index contributed by atoms with van der Waals surface area (Å²) in [5.41, 5.74) is 5.14. The van der Waals surface area contributed by atoms with E-state index in [-0.39, 0.29) is 29.6 Å². The highest BCUT2D eigenvalue weighted by Crippen LogP contribution is 2.21. The van der Waals surface area contributed by atoms with Crippen molar-refractivity contribution < 1.29 is 22.4 Å². The SMILES string of the molecule is O=C(C[C@H]1CCS(=O)(=O)C1)NNC(=O)c1cc2ccccc2o1. The molecular weight excluding hydrogens is 320 g/mol. The lowest BCUT2D eigenvalue weighted by molar-refractivity contribution is -0.122. The summed E-state index contributed by atoms with van der Waals surface area (Å²) in [5, 5.41) is 0.792. The van der Waals surface area contributed by atoms with E-state index in [1.54, 1.807) is 18.2 Å². The van der Waals surface area contributed by atoms with Crippen LogP contribution in [-0.2, 0) is 14.6 Å². The van der Waals surface area contributed by atoms with Gasteiger partial charge in [-0.25, -0.2) is 8.42 Å². The normalized spacial score (nSPS) is 19.6. The number of sulfone groups is 1. The molecule has 1 aliphatic heterocycles. The molecule has 122 valence electrons. The minimum absolute atomic E-state index is 0.0257. The van der Waals surface area contributed by atoms with Gasteiger partial charge in [-0.3, -0.25) is 20.4 Å². The number of hydrogen-bond donors (Lipinski definition) is 2. The second kappa shape index (κ2) is 6.04. The van der Waals surface area contributed by atoms with Gasteiger partial charge in [0.2, 0.25) is 5.91 Å². The van der Waals surface area contributed by atoms with E-state index in [0.717, 1.165) is 5.39 Å². The molecule has 1 aromatic carbocycles. The molecule has 0 unspecified atom stereocenters. The molecule has 2 heterocycles. The molecule has 7 nitrogen and oxygen atoms in total. The number of carbonyl (C=O) groups excluding carboxylic acids is 2. The molecule has 0 bridgehead atoms. The maximum atomic E-state index is 11.9. The number of furan rings is 1. The Bertz CT molecular complexity index is 823. The van der Waals surface area contributed by atoms with E-state index < -0.39 is 21.7 Å². The third-order valence-electron chi connectivity index (χ3n) is 3.77. The molecule has 2 N–H and O–H groups in total. The third-order valence-corrected chi connectivity index (χ3v) is 5.60. The molecule has 1 saturated heterocycles. The Labute approximate surface area is 132 Å². The number of para-hydroxylation sites is 1. The van der Waals surface area contributed by atoms with Crippen molar-refractivity contribution in [3.63, 3.8) is 0 Å². The maximum Gasteiger partial charge on any atom is 0.305 e. The van der Waals surface area contributed by atoms with Crippen molar-refractivity contribution in [2.75, 3.05) is 11.5 Å². The molecule has 0 aliphatic carbocycles. The standard InChI is InChI=1S/C15H16N2O5S/c18-14(7-10-5-6-23(20,21)9-10)16-17-15(19)13-8-11-3-1-2-4-12(11)22-13/h1-4,8,10H,5-7,9H2,(H,16,18)(H,17,19)/t10-/m1/s1. The summed E-state index contributed by atoms with van der Waals surface area (Å²) in [5.74, 6) is -0.933. The van der Waals surface area contributed by atoms with Gasteiger partial charge in [0.05, 0.1) is 11.5 Å². The zero-order valence-corrected chi connectivity index (χ0v) is 13.1. The number of benzene rings is 1. The highest BCUT2D eigenvalue weighted by atomic mass is 32.2. The fourth-order valence-electron chi connectivity index (χ4n) is 2.63. The Morgan fingerprint density at radius 2 is 2.00 bits per heavy atom. The molecule has 1 aromatic heterocycles. The van der Waals surface area contributed by atoms with Crippen LogP contribution in [0.3, 0.4) is 0 Å². The average molecular weight is 336 g/mol. The van der Waals surface area contributed by atoms with Gasteiger partial charge in [0, 0.05) is 11.8 Å². The fraction of sp³-hybridized carbons (Fsp3) is 0.333. The van der Waals surface area contributed by atoms with Gasteiger partial charge >= 0.3 is 5.91 Å². The topological polar surface area (TPSA) is 105 Å². The zero-order chi connectivity index (χ0) is 16.4. The van der Waals surface area contributed by atoms with Gasteiger partial charge in [-0.2, -0.15) is 0 Å². The number of carbonyl (C=O) groups is 2. The van der Waals surface area contributed by atoms with E-state index >= 15 is 0 Å². The maximum absolute atomic E-state index is 11.9. The molecular formula is C15H16N2O5S. The largest absolute Gasteiger partial charge is 0.451 e. The highest BCUT2D eigenvalue weighted by Gasteiger charge is 2.29. The molecule has 0 saturated carbocycles. The first-order valence-corrected chi connectivity index (χ1v) is 9.03. The highest BCUT2D eigenvalue weighted by molar-refractivity contribution is 7.91. The quantitative estimate of drug-likeness (QED) is 0.814. The third kappa shape index (κ3) is 3.70. The molecule has 23 heavy (non-hydrogen) atoms. The van der Waals surface area contributed by atoms with Crippen LogP contribution >= 0.6 is 0 Å². The molecule has 3 rings (SSSR count). The average Bonchev–Trinajstić information content (AvgIpc) is 3.07. The zero-order valence-electron chi connectivity index (χ0n) is 12.2. The van der Waals surface area contributed by atoms with E-state index in [9.17, 15) is 18.0 Å². The number of hydrogen-bond acceptors (Lipinski definition) is 5. The monoisotopic (exact) mass is 336 g/mol. The van der Waals surface area contributed by atoms with Crippen LogP contribution in [0.1, 0.15) is 23.4 Å². The number of hydrazine groups is 1. The van der Waals surface area contributed by atoms with E-state index in [0.29, 0.717) is 12.0 Å². The molecule has 8 heteroatoms. The molecule has 2 aromatic rings. The Morgan fingerprint density at radius 3 is 2.70 bits per heavy atom. The fourth-order valence-corrected chi connectivity index (χ4v) is 4.49. The number of rotatable bonds is 3. The second-order valence-corrected chi connectivity index (χ2v) is 7.85. The number of amides is 2. The van der Waals surface area contributed by atoms with Gasteiger partial charge in [-0.15, -0.1) is 0 Å². The van der Waals surface area contributed by atoms with Crippen LogP contribution in [0.5, 0.6) is 0 Å². The summed E-state index contributed by atoms with van der Waals surface area (Å²) in [7, 11) is -3.01. The summed E-state index contributed by atoms with van der Waals surface area (Å²) in [6.07, 6.45) is 0.549. The summed E-state index contributed by atoms with van der Waals surface area (Å²) in [6, 6.07) is 8.77. The number of nitrogens with one attached hydrogen (secondary N) is 2. The van der Waals surface area contributed by atoms with E-state index in [4.69, 9.17) is 4.42 Å². The molecule has 1 aliphatic rings. The van der Waals surface area contributed by atoms with E-state index in [1.165, 1.54) is 0 Å². The lowest BCUT2D eigenvalue weighted by Gasteiger charge is -2.08. The van der Waals surface area contributed by atoms with Gasteiger partial charge in [0.25, 0.3) is 0 Å².